The average Bonchev–Trinajstić information content (AvgIpc) is 3.56. The Labute approximate surface area is 525 Å². The smallest absolute Gasteiger partial charge is 0.391 e. The van der Waals surface area contributed by atoms with Gasteiger partial charge in [-0.1, -0.05) is 372 Å². The van der Waals surface area contributed by atoms with Crippen molar-refractivity contribution in [2.45, 2.75) is 411 Å². The van der Waals surface area contributed by atoms with Gasteiger partial charge in [-0.15, -0.1) is 0 Å². The number of hydrogen-bond acceptors (Lipinski definition) is 5. The van der Waals surface area contributed by atoms with Gasteiger partial charge in [0.05, 0.1) is 39.9 Å². The summed E-state index contributed by atoms with van der Waals surface area (Å²) in [6.07, 6.45) is 87.4. The third kappa shape index (κ3) is 68.5. The highest BCUT2D eigenvalue weighted by Crippen LogP contribution is 2.43. The SMILES string of the molecule is CCCCCCCCCCCCCCC/C=C\C/C=C\CCCCCCCCCCCCCCCCCCCC(=O)NC(COP(=O)(O)OCC[N+](C)(C)C)C(O)CCCCCCCCCCCCCCCCCCCCCCCCCCC. The molecule has 0 saturated carbocycles. The molecule has 3 N–H and O–H groups in total. The van der Waals surface area contributed by atoms with Crippen LogP contribution in [0.15, 0.2) is 24.3 Å². The Bertz CT molecular complexity index is 1420. The highest BCUT2D eigenvalue weighted by atomic mass is 31.2. The summed E-state index contributed by atoms with van der Waals surface area (Å²) >= 11 is 0. The maximum atomic E-state index is 13.1. The van der Waals surface area contributed by atoms with Crippen molar-refractivity contribution in [1.29, 1.82) is 0 Å². The van der Waals surface area contributed by atoms with E-state index < -0.39 is 20.0 Å². The number of phosphoric ester groups is 1. The maximum Gasteiger partial charge on any atom is 0.472 e. The van der Waals surface area contributed by atoms with Crippen LogP contribution in [-0.2, 0) is 18.4 Å². The number of nitrogens with zero attached hydrogens (tertiary/aromatic N) is 1. The highest BCUT2D eigenvalue weighted by Gasteiger charge is 2.28. The van der Waals surface area contributed by atoms with Gasteiger partial charge in [0.1, 0.15) is 13.2 Å². The second kappa shape index (κ2) is 66.4. The quantitative estimate of drug-likeness (QED) is 0.0243. The molecule has 0 saturated heterocycles. The lowest BCUT2D eigenvalue weighted by Crippen LogP contribution is -2.46. The van der Waals surface area contributed by atoms with Crippen LogP contribution in [0.5, 0.6) is 0 Å². The Morgan fingerprint density at radius 3 is 0.976 bits per heavy atom. The van der Waals surface area contributed by atoms with Crippen LogP contribution in [0.3, 0.4) is 0 Å². The number of unbranched alkanes of at least 4 members (excludes halogenated alkanes) is 54. The van der Waals surface area contributed by atoms with E-state index >= 15 is 0 Å². The highest BCUT2D eigenvalue weighted by molar-refractivity contribution is 7.47. The lowest BCUT2D eigenvalue weighted by atomic mass is 10.0. The van der Waals surface area contributed by atoms with Crippen molar-refractivity contribution in [2.24, 2.45) is 0 Å². The fourth-order valence-electron chi connectivity index (χ4n) is 11.8. The Kier molecular flexibility index (Phi) is 65.6. The van der Waals surface area contributed by atoms with Crippen LogP contribution in [0.2, 0.25) is 0 Å². The minimum atomic E-state index is -4.33. The van der Waals surface area contributed by atoms with Crippen molar-refractivity contribution < 1.29 is 32.9 Å². The largest absolute Gasteiger partial charge is 0.472 e. The van der Waals surface area contributed by atoms with Gasteiger partial charge in [0.2, 0.25) is 5.91 Å². The third-order valence-corrected chi connectivity index (χ3v) is 18.7. The third-order valence-electron chi connectivity index (χ3n) is 17.7. The molecule has 0 aliphatic carbocycles. The van der Waals surface area contributed by atoms with Crippen molar-refractivity contribution in [3.63, 3.8) is 0 Å². The molecule has 0 aromatic heterocycles. The summed E-state index contributed by atoms with van der Waals surface area (Å²) in [5.74, 6) is -0.136. The molecule has 0 bridgehead atoms. The first-order valence-electron chi connectivity index (χ1n) is 37.7. The predicted octanol–water partition coefficient (Wildman–Crippen LogP) is 24.2. The minimum absolute atomic E-state index is 0.0773. The van der Waals surface area contributed by atoms with Crippen molar-refractivity contribution in [3.05, 3.63) is 24.3 Å². The number of aliphatic hydroxyl groups is 1. The van der Waals surface area contributed by atoms with E-state index in [2.05, 4.69) is 43.5 Å². The molecule has 500 valence electrons. The van der Waals surface area contributed by atoms with E-state index in [1.165, 1.54) is 327 Å². The summed E-state index contributed by atoms with van der Waals surface area (Å²) in [7, 11) is 1.64. The van der Waals surface area contributed by atoms with Crippen LogP contribution in [0, 0.1) is 0 Å². The minimum Gasteiger partial charge on any atom is -0.391 e. The molecule has 0 fully saturated rings. The van der Waals surface area contributed by atoms with Crippen LogP contribution < -0.4 is 5.32 Å². The number of likely N-dealkylation sites (N-methyl/N-ethyl adjacent to an activating group) is 1. The molecule has 3 unspecified atom stereocenters. The van der Waals surface area contributed by atoms with E-state index in [0.717, 1.165) is 44.9 Å². The predicted molar refractivity (Wildman–Crippen MR) is 369 cm³/mol. The molecule has 84 heavy (non-hydrogen) atoms. The number of hydrogen-bond donors (Lipinski definition) is 3. The number of allylic oxidation sites excluding steroid dienone is 4. The van der Waals surface area contributed by atoms with Crippen LogP contribution in [-0.4, -0.2) is 73.4 Å². The maximum absolute atomic E-state index is 13.1. The molecule has 9 heteroatoms. The summed E-state index contributed by atoms with van der Waals surface area (Å²) < 4.78 is 23.9. The van der Waals surface area contributed by atoms with E-state index in [1.807, 2.05) is 21.1 Å². The van der Waals surface area contributed by atoms with Gasteiger partial charge in [-0.2, -0.15) is 0 Å². The number of carbonyl (C=O) groups excluding carboxylic acids is 1. The molecule has 0 heterocycles. The number of amides is 1. The molecular formula is C75H150N2O6P+. The summed E-state index contributed by atoms with van der Waals surface area (Å²) in [6.45, 7) is 4.96. The standard InChI is InChI=1S/C75H149N2O6P/c1-6-8-10-12-14-16-18-20-22-24-26-28-30-32-33-34-35-36-37-38-39-40-41-42-43-45-47-49-51-53-55-57-59-61-63-65-67-69-75(79)76-73(72-83-84(80,81)82-71-70-77(3,4)5)74(78)68-66-64-62-60-58-56-54-52-50-48-46-44-31-29-27-25-23-21-19-17-15-13-11-9-7-2/h33-34,36-37,73-74,78H,6-32,35,38-72H2,1-5H3,(H-,76,79,80,81)/p+1/b34-33-,37-36-. The van der Waals surface area contributed by atoms with E-state index in [-0.39, 0.29) is 19.1 Å². The van der Waals surface area contributed by atoms with Crippen molar-refractivity contribution in [3.8, 4) is 0 Å². The van der Waals surface area contributed by atoms with Crippen molar-refractivity contribution >= 4 is 13.7 Å². The molecule has 3 atom stereocenters. The molecule has 0 aliphatic rings. The summed E-state index contributed by atoms with van der Waals surface area (Å²) in [5.41, 5.74) is 0. The average molecular weight is 1210 g/mol. The lowest BCUT2D eigenvalue weighted by molar-refractivity contribution is -0.870. The molecule has 0 aromatic carbocycles. The summed E-state index contributed by atoms with van der Waals surface area (Å²) in [6, 6.07) is -0.760. The normalized spacial score (nSPS) is 13.7. The van der Waals surface area contributed by atoms with E-state index in [9.17, 15) is 19.4 Å². The molecule has 0 aromatic rings. The van der Waals surface area contributed by atoms with Gasteiger partial charge in [-0.05, 0) is 44.9 Å². The fraction of sp³-hybridized carbons (Fsp3) is 0.933. The van der Waals surface area contributed by atoms with Gasteiger partial charge in [0.25, 0.3) is 0 Å². The fourth-order valence-corrected chi connectivity index (χ4v) is 12.6. The Morgan fingerprint density at radius 2 is 0.679 bits per heavy atom. The second-order valence-electron chi connectivity index (χ2n) is 27.4. The Balaban J connectivity index is 3.94. The number of rotatable bonds is 71. The molecular weight excluding hydrogens is 1060 g/mol. The van der Waals surface area contributed by atoms with Crippen LogP contribution in [0.4, 0.5) is 0 Å². The van der Waals surface area contributed by atoms with Crippen LogP contribution in [0.1, 0.15) is 399 Å². The van der Waals surface area contributed by atoms with Crippen LogP contribution in [0.25, 0.3) is 0 Å². The van der Waals surface area contributed by atoms with Crippen molar-refractivity contribution in [2.75, 3.05) is 40.9 Å². The summed E-state index contributed by atoms with van der Waals surface area (Å²) in [5, 5.41) is 14.2. The number of aliphatic hydroxyl groups excluding tert-OH is 1. The number of phosphoric acid groups is 1. The van der Waals surface area contributed by atoms with Gasteiger partial charge >= 0.3 is 7.82 Å². The number of carbonyl (C=O) groups is 1. The van der Waals surface area contributed by atoms with E-state index in [1.54, 1.807) is 0 Å². The van der Waals surface area contributed by atoms with E-state index in [0.29, 0.717) is 23.9 Å². The molecule has 8 nitrogen and oxygen atoms in total. The monoisotopic (exact) mass is 1210 g/mol. The Morgan fingerprint density at radius 1 is 0.405 bits per heavy atom. The zero-order chi connectivity index (χ0) is 61.2. The molecule has 1 amide bonds. The molecule has 0 spiro atoms. The molecule has 0 aliphatic heterocycles. The van der Waals surface area contributed by atoms with Gasteiger partial charge in [-0.25, -0.2) is 4.57 Å². The van der Waals surface area contributed by atoms with Gasteiger partial charge < -0.3 is 19.8 Å². The molecule has 0 rings (SSSR count). The Hall–Kier alpha value is -1.02. The van der Waals surface area contributed by atoms with Crippen molar-refractivity contribution in [1.82, 2.24) is 5.32 Å². The van der Waals surface area contributed by atoms with Crippen LogP contribution >= 0.6 is 7.82 Å². The lowest BCUT2D eigenvalue weighted by Gasteiger charge is -2.26. The number of quaternary nitrogens is 1. The van der Waals surface area contributed by atoms with Gasteiger partial charge in [-0.3, -0.25) is 13.8 Å². The zero-order valence-electron chi connectivity index (χ0n) is 57.4. The second-order valence-corrected chi connectivity index (χ2v) is 28.8. The van der Waals surface area contributed by atoms with E-state index in [4.69, 9.17) is 9.05 Å². The van der Waals surface area contributed by atoms with Gasteiger partial charge in [0, 0.05) is 6.42 Å². The molecule has 0 radical (unpaired) electrons. The van der Waals surface area contributed by atoms with Gasteiger partial charge in [0.15, 0.2) is 0 Å². The first kappa shape index (κ1) is 83.0. The zero-order valence-corrected chi connectivity index (χ0v) is 58.3. The first-order valence-corrected chi connectivity index (χ1v) is 39.2. The first-order chi connectivity index (χ1) is 41.0. The number of nitrogens with one attached hydrogen (secondary N) is 1. The topological polar surface area (TPSA) is 105 Å². The summed E-state index contributed by atoms with van der Waals surface area (Å²) in [4.78, 5) is 23.5.